The molecule has 4 rings (SSSR count). The molecule has 0 aliphatic rings. The fraction of sp³-hybridized carbons (Fsp3) is 0.0526. The minimum atomic E-state index is -0.132. The summed E-state index contributed by atoms with van der Waals surface area (Å²) in [6.45, 7) is 0. The maximum atomic E-state index is 13.0. The highest BCUT2D eigenvalue weighted by Crippen LogP contribution is 2.32. The van der Waals surface area contributed by atoms with Gasteiger partial charge in [-0.2, -0.15) is 0 Å². The van der Waals surface area contributed by atoms with Crippen molar-refractivity contribution in [3.8, 4) is 21.9 Å². The topological polar surface area (TPSA) is 70.1 Å². The second kappa shape index (κ2) is 6.48. The molecule has 0 unspecified atom stereocenters. The van der Waals surface area contributed by atoms with Crippen LogP contribution in [0.25, 0.3) is 26.3 Å². The summed E-state index contributed by atoms with van der Waals surface area (Å²) in [6, 6.07) is 14.6. The summed E-state index contributed by atoms with van der Waals surface area (Å²) in [7, 11) is 1.54. The van der Waals surface area contributed by atoms with Gasteiger partial charge in [-0.05, 0) is 35.9 Å². The zero-order valence-corrected chi connectivity index (χ0v) is 15.3. The lowest BCUT2D eigenvalue weighted by molar-refractivity contribution is 0.417. The first-order chi connectivity index (χ1) is 12.6. The summed E-state index contributed by atoms with van der Waals surface area (Å²) in [4.78, 5) is 18.4. The van der Waals surface area contributed by atoms with E-state index < -0.39 is 0 Å². The fourth-order valence-electron chi connectivity index (χ4n) is 2.70. The van der Waals surface area contributed by atoms with Crippen molar-refractivity contribution in [1.82, 2.24) is 9.55 Å². The van der Waals surface area contributed by atoms with Crippen LogP contribution in [0.3, 0.4) is 0 Å². The Labute approximate surface area is 158 Å². The quantitative estimate of drug-likeness (QED) is 0.533. The molecule has 26 heavy (non-hydrogen) atoms. The first-order valence-corrected chi connectivity index (χ1v) is 8.97. The number of ether oxygens (including phenoxy) is 1. The SMILES string of the molecule is COc1cc(-n2cnc3cc(-c4ccc(Cl)cc4)sc3c2=O)ccc1N. The number of hydrogen-bond donors (Lipinski definition) is 1. The summed E-state index contributed by atoms with van der Waals surface area (Å²) < 4.78 is 7.32. The van der Waals surface area contributed by atoms with Crippen LogP contribution in [0.15, 0.2) is 59.7 Å². The van der Waals surface area contributed by atoms with Crippen LogP contribution in [-0.2, 0) is 0 Å². The highest BCUT2D eigenvalue weighted by Gasteiger charge is 2.12. The molecule has 0 saturated carbocycles. The Morgan fingerprint density at radius 2 is 1.92 bits per heavy atom. The molecule has 0 amide bonds. The van der Waals surface area contributed by atoms with Crippen molar-refractivity contribution in [1.29, 1.82) is 0 Å². The summed E-state index contributed by atoms with van der Waals surface area (Å²) in [5.41, 5.74) is 8.55. The first-order valence-electron chi connectivity index (χ1n) is 7.78. The van der Waals surface area contributed by atoms with Gasteiger partial charge < -0.3 is 10.5 Å². The zero-order chi connectivity index (χ0) is 18.3. The van der Waals surface area contributed by atoms with Gasteiger partial charge in [-0.3, -0.25) is 9.36 Å². The van der Waals surface area contributed by atoms with Crippen molar-refractivity contribution in [2.24, 2.45) is 0 Å². The number of thiophene rings is 1. The average Bonchev–Trinajstić information content (AvgIpc) is 3.08. The lowest BCUT2D eigenvalue weighted by atomic mass is 10.2. The summed E-state index contributed by atoms with van der Waals surface area (Å²) >= 11 is 7.36. The largest absolute Gasteiger partial charge is 0.495 e. The van der Waals surface area contributed by atoms with Crippen molar-refractivity contribution >= 4 is 38.8 Å². The minimum absolute atomic E-state index is 0.132. The fourth-order valence-corrected chi connectivity index (χ4v) is 3.87. The highest BCUT2D eigenvalue weighted by molar-refractivity contribution is 7.22. The van der Waals surface area contributed by atoms with Gasteiger partial charge in [0, 0.05) is 16.0 Å². The zero-order valence-electron chi connectivity index (χ0n) is 13.8. The second-order valence-electron chi connectivity index (χ2n) is 5.68. The summed E-state index contributed by atoms with van der Waals surface area (Å²) in [6.07, 6.45) is 1.52. The molecule has 5 nitrogen and oxygen atoms in total. The smallest absolute Gasteiger partial charge is 0.275 e. The molecule has 0 aliphatic carbocycles. The third kappa shape index (κ3) is 2.83. The van der Waals surface area contributed by atoms with E-state index in [1.165, 1.54) is 29.3 Å². The van der Waals surface area contributed by atoms with E-state index in [1.807, 2.05) is 30.3 Å². The molecule has 7 heteroatoms. The number of aromatic nitrogens is 2. The number of anilines is 1. The van der Waals surface area contributed by atoms with E-state index in [-0.39, 0.29) is 5.56 Å². The van der Waals surface area contributed by atoms with Crippen LogP contribution in [0.2, 0.25) is 5.02 Å². The molecule has 2 aromatic heterocycles. The Bertz CT molecular complexity index is 1170. The molecule has 0 aliphatic heterocycles. The van der Waals surface area contributed by atoms with Crippen molar-refractivity contribution in [2.75, 3.05) is 12.8 Å². The van der Waals surface area contributed by atoms with E-state index >= 15 is 0 Å². The number of nitrogens with two attached hydrogens (primary N) is 1. The molecule has 0 bridgehead atoms. The molecule has 0 saturated heterocycles. The van der Waals surface area contributed by atoms with Crippen molar-refractivity contribution in [3.63, 3.8) is 0 Å². The lowest BCUT2D eigenvalue weighted by Gasteiger charge is -2.09. The third-order valence-electron chi connectivity index (χ3n) is 4.06. The number of fused-ring (bicyclic) bond motifs is 1. The predicted octanol–water partition coefficient (Wildman–Crippen LogP) is 4.36. The van der Waals surface area contributed by atoms with Gasteiger partial charge in [0.2, 0.25) is 0 Å². The van der Waals surface area contributed by atoms with E-state index in [0.717, 1.165) is 10.4 Å². The molecule has 2 aromatic carbocycles. The molecule has 0 spiro atoms. The molecule has 0 radical (unpaired) electrons. The van der Waals surface area contributed by atoms with Crippen LogP contribution in [0.1, 0.15) is 0 Å². The number of nitrogen functional groups attached to an aromatic ring is 1. The minimum Gasteiger partial charge on any atom is -0.495 e. The Balaban J connectivity index is 1.85. The Hall–Kier alpha value is -2.83. The Kier molecular flexibility index (Phi) is 4.14. The molecule has 4 aromatic rings. The monoisotopic (exact) mass is 383 g/mol. The average molecular weight is 384 g/mol. The molecule has 0 fully saturated rings. The van der Waals surface area contributed by atoms with Gasteiger partial charge in [0.15, 0.2) is 0 Å². The molecular formula is C19H14ClN3O2S. The second-order valence-corrected chi connectivity index (χ2v) is 7.17. The number of rotatable bonds is 3. The van der Waals surface area contributed by atoms with E-state index in [4.69, 9.17) is 22.1 Å². The van der Waals surface area contributed by atoms with Crippen LogP contribution in [-0.4, -0.2) is 16.7 Å². The number of benzene rings is 2. The van der Waals surface area contributed by atoms with E-state index in [1.54, 1.807) is 18.2 Å². The molecule has 2 N–H and O–H groups in total. The standard InChI is InChI=1S/C19H14ClN3O2S/c1-25-16-8-13(6-7-14(16)21)23-10-22-15-9-17(26-18(15)19(23)24)11-2-4-12(20)5-3-11/h2-10H,21H2,1H3. The predicted molar refractivity (Wildman–Crippen MR) is 107 cm³/mol. The number of hydrogen-bond acceptors (Lipinski definition) is 5. The van der Waals surface area contributed by atoms with Crippen molar-refractivity contribution < 1.29 is 4.74 Å². The highest BCUT2D eigenvalue weighted by atomic mass is 35.5. The third-order valence-corrected chi connectivity index (χ3v) is 5.48. The molecule has 2 heterocycles. The van der Waals surface area contributed by atoms with Crippen LogP contribution < -0.4 is 16.0 Å². The summed E-state index contributed by atoms with van der Waals surface area (Å²) in [5, 5.41) is 0.674. The van der Waals surface area contributed by atoms with Gasteiger partial charge in [0.1, 0.15) is 16.8 Å². The van der Waals surface area contributed by atoms with Gasteiger partial charge in [0.05, 0.1) is 24.0 Å². The van der Waals surface area contributed by atoms with E-state index in [9.17, 15) is 4.79 Å². The van der Waals surface area contributed by atoms with Crippen molar-refractivity contribution in [3.05, 3.63) is 70.2 Å². The van der Waals surface area contributed by atoms with Crippen LogP contribution in [0, 0.1) is 0 Å². The van der Waals surface area contributed by atoms with Gasteiger partial charge >= 0.3 is 0 Å². The summed E-state index contributed by atoms with van der Waals surface area (Å²) in [5.74, 6) is 0.516. The first kappa shape index (κ1) is 16.6. The van der Waals surface area contributed by atoms with E-state index in [0.29, 0.717) is 32.4 Å². The number of nitrogens with zero attached hydrogens (tertiary/aromatic N) is 2. The Morgan fingerprint density at radius 1 is 1.15 bits per heavy atom. The van der Waals surface area contributed by atoms with Crippen LogP contribution >= 0.6 is 22.9 Å². The number of halogens is 1. The van der Waals surface area contributed by atoms with Gasteiger partial charge in [-0.1, -0.05) is 23.7 Å². The number of methoxy groups -OCH3 is 1. The molecular weight excluding hydrogens is 370 g/mol. The van der Waals surface area contributed by atoms with Crippen LogP contribution in [0.4, 0.5) is 5.69 Å². The van der Waals surface area contributed by atoms with Gasteiger partial charge in [0.25, 0.3) is 5.56 Å². The molecule has 0 atom stereocenters. The van der Waals surface area contributed by atoms with Crippen LogP contribution in [0.5, 0.6) is 5.75 Å². The van der Waals surface area contributed by atoms with Crippen molar-refractivity contribution in [2.45, 2.75) is 0 Å². The maximum Gasteiger partial charge on any atom is 0.275 e. The Morgan fingerprint density at radius 3 is 2.65 bits per heavy atom. The molecule has 130 valence electrons. The van der Waals surface area contributed by atoms with Gasteiger partial charge in [-0.15, -0.1) is 11.3 Å². The maximum absolute atomic E-state index is 13.0. The van der Waals surface area contributed by atoms with Gasteiger partial charge in [-0.25, -0.2) is 4.98 Å². The van der Waals surface area contributed by atoms with E-state index in [2.05, 4.69) is 4.98 Å². The normalized spacial score (nSPS) is 11.0. The lowest BCUT2D eigenvalue weighted by Crippen LogP contribution is -2.17.